The molecule has 1 aromatic rings. The van der Waals surface area contributed by atoms with Crippen molar-refractivity contribution in [3.63, 3.8) is 0 Å². The summed E-state index contributed by atoms with van der Waals surface area (Å²) in [4.78, 5) is 2.26. The van der Waals surface area contributed by atoms with Gasteiger partial charge in [0.25, 0.3) is 0 Å². The second kappa shape index (κ2) is 4.75. The van der Waals surface area contributed by atoms with Gasteiger partial charge in [-0.25, -0.2) is 0 Å². The van der Waals surface area contributed by atoms with E-state index in [9.17, 15) is 0 Å². The molecule has 0 unspecified atom stereocenters. The Kier molecular flexibility index (Phi) is 3.25. The molecule has 1 saturated heterocycles. The molecule has 0 amide bonds. The number of hydrogen-bond acceptors (Lipinski definition) is 6. The first-order valence-corrected chi connectivity index (χ1v) is 7.31. The smallest absolute Gasteiger partial charge is 0.208 e. The van der Waals surface area contributed by atoms with Gasteiger partial charge in [-0.3, -0.25) is 0 Å². The topological polar surface area (TPSA) is 47.5 Å². The van der Waals surface area contributed by atoms with Crippen molar-refractivity contribution in [3.05, 3.63) is 5.01 Å². The molecule has 0 bridgehead atoms. The molecule has 1 aliphatic heterocycles. The number of ether oxygens (including phenoxy) is 2. The first kappa shape index (κ1) is 12.3. The standard InChI is InChI=1S/C12H19N3O2S/c1-9-13-14-11(18-9)15(2)10-3-5-12(6-4-10)16-7-8-17-12/h10H,3-8H2,1-2H3. The van der Waals surface area contributed by atoms with E-state index in [-0.39, 0.29) is 5.79 Å². The predicted molar refractivity (Wildman–Crippen MR) is 69.9 cm³/mol. The third kappa shape index (κ3) is 2.24. The molecule has 6 heteroatoms. The van der Waals surface area contributed by atoms with E-state index in [0.29, 0.717) is 6.04 Å². The predicted octanol–water partition coefficient (Wildman–Crippen LogP) is 1.97. The molecule has 1 spiro atoms. The van der Waals surface area contributed by atoms with Crippen LogP contribution in [0.4, 0.5) is 5.13 Å². The summed E-state index contributed by atoms with van der Waals surface area (Å²) in [5.41, 5.74) is 0. The normalized spacial score (nSPS) is 23.7. The van der Waals surface area contributed by atoms with Gasteiger partial charge in [-0.1, -0.05) is 11.3 Å². The summed E-state index contributed by atoms with van der Waals surface area (Å²) in [6, 6.07) is 0.524. The van der Waals surface area contributed by atoms with E-state index < -0.39 is 0 Å². The van der Waals surface area contributed by atoms with Gasteiger partial charge >= 0.3 is 0 Å². The Balaban J connectivity index is 1.62. The lowest BCUT2D eigenvalue weighted by atomic mass is 9.89. The molecule has 18 heavy (non-hydrogen) atoms. The first-order valence-electron chi connectivity index (χ1n) is 6.49. The van der Waals surface area contributed by atoms with Crippen LogP contribution in [0.1, 0.15) is 30.7 Å². The Morgan fingerprint density at radius 3 is 2.44 bits per heavy atom. The molecule has 1 aromatic heterocycles. The maximum Gasteiger partial charge on any atom is 0.208 e. The van der Waals surface area contributed by atoms with Crippen molar-refractivity contribution in [3.8, 4) is 0 Å². The SMILES string of the molecule is Cc1nnc(N(C)C2CCC3(CC2)OCCO3)s1. The monoisotopic (exact) mass is 269 g/mol. The summed E-state index contributed by atoms with van der Waals surface area (Å²) in [6.45, 7) is 3.48. The van der Waals surface area contributed by atoms with Crippen molar-refractivity contribution < 1.29 is 9.47 Å². The van der Waals surface area contributed by atoms with E-state index >= 15 is 0 Å². The van der Waals surface area contributed by atoms with Gasteiger partial charge in [0.2, 0.25) is 5.13 Å². The number of rotatable bonds is 2. The molecule has 2 heterocycles. The van der Waals surface area contributed by atoms with E-state index in [2.05, 4.69) is 22.1 Å². The highest BCUT2D eigenvalue weighted by Gasteiger charge is 2.41. The molecule has 100 valence electrons. The molecule has 0 N–H and O–H groups in total. The Bertz CT molecular complexity index is 407. The number of anilines is 1. The second-order valence-corrected chi connectivity index (χ2v) is 6.21. The van der Waals surface area contributed by atoms with Crippen molar-refractivity contribution in [2.45, 2.75) is 44.4 Å². The Morgan fingerprint density at radius 2 is 1.89 bits per heavy atom. The summed E-state index contributed by atoms with van der Waals surface area (Å²) in [5, 5.41) is 10.3. The minimum atomic E-state index is -0.269. The Morgan fingerprint density at radius 1 is 1.22 bits per heavy atom. The van der Waals surface area contributed by atoms with Gasteiger partial charge in [-0.2, -0.15) is 0 Å². The molecule has 1 saturated carbocycles. The molecule has 0 radical (unpaired) electrons. The average molecular weight is 269 g/mol. The summed E-state index contributed by atoms with van der Waals surface area (Å²) >= 11 is 1.65. The highest BCUT2D eigenvalue weighted by Crippen LogP contribution is 2.38. The minimum absolute atomic E-state index is 0.269. The van der Waals surface area contributed by atoms with Gasteiger partial charge in [-0.15, -0.1) is 10.2 Å². The zero-order chi connectivity index (χ0) is 12.6. The van der Waals surface area contributed by atoms with Crippen molar-refractivity contribution in [1.29, 1.82) is 0 Å². The van der Waals surface area contributed by atoms with Gasteiger partial charge in [-0.05, 0) is 19.8 Å². The van der Waals surface area contributed by atoms with E-state index in [1.165, 1.54) is 0 Å². The van der Waals surface area contributed by atoms with Gasteiger partial charge in [0.15, 0.2) is 5.79 Å². The number of aromatic nitrogens is 2. The van der Waals surface area contributed by atoms with Crippen LogP contribution in [-0.2, 0) is 9.47 Å². The quantitative estimate of drug-likeness (QED) is 0.821. The fraction of sp³-hybridized carbons (Fsp3) is 0.833. The number of hydrogen-bond donors (Lipinski definition) is 0. The highest BCUT2D eigenvalue weighted by atomic mass is 32.1. The van der Waals surface area contributed by atoms with Crippen LogP contribution in [0.2, 0.25) is 0 Å². The summed E-state index contributed by atoms with van der Waals surface area (Å²) < 4.78 is 11.5. The van der Waals surface area contributed by atoms with Crippen LogP contribution in [0.15, 0.2) is 0 Å². The van der Waals surface area contributed by atoms with Crippen molar-refractivity contribution >= 4 is 16.5 Å². The van der Waals surface area contributed by atoms with Gasteiger partial charge in [0.1, 0.15) is 5.01 Å². The minimum Gasteiger partial charge on any atom is -0.348 e. The fourth-order valence-electron chi connectivity index (χ4n) is 2.80. The van der Waals surface area contributed by atoms with Crippen molar-refractivity contribution in [2.24, 2.45) is 0 Å². The van der Waals surface area contributed by atoms with Crippen LogP contribution in [0.25, 0.3) is 0 Å². The van der Waals surface area contributed by atoms with Gasteiger partial charge < -0.3 is 14.4 Å². The van der Waals surface area contributed by atoms with Gasteiger partial charge in [0, 0.05) is 25.9 Å². The lowest BCUT2D eigenvalue weighted by Gasteiger charge is -2.38. The highest BCUT2D eigenvalue weighted by molar-refractivity contribution is 7.15. The molecule has 0 aromatic carbocycles. The van der Waals surface area contributed by atoms with Crippen molar-refractivity contribution in [1.82, 2.24) is 10.2 Å². The molecule has 0 atom stereocenters. The maximum absolute atomic E-state index is 5.75. The molecule has 5 nitrogen and oxygen atoms in total. The molecular weight excluding hydrogens is 250 g/mol. The van der Waals surface area contributed by atoms with Crippen LogP contribution < -0.4 is 4.90 Å². The van der Waals surface area contributed by atoms with Crippen LogP contribution in [0.5, 0.6) is 0 Å². The largest absolute Gasteiger partial charge is 0.348 e. The summed E-state index contributed by atoms with van der Waals surface area (Å²) in [6.07, 6.45) is 4.16. The molecule has 3 rings (SSSR count). The van der Waals surface area contributed by atoms with Crippen LogP contribution in [-0.4, -0.2) is 42.3 Å². The van der Waals surface area contributed by atoms with E-state index in [0.717, 1.165) is 49.0 Å². The summed E-state index contributed by atoms with van der Waals surface area (Å²) in [5.74, 6) is -0.269. The molecule has 2 fully saturated rings. The third-order valence-corrected chi connectivity index (χ3v) is 4.82. The number of aryl methyl sites for hydroxylation is 1. The summed E-state index contributed by atoms with van der Waals surface area (Å²) in [7, 11) is 2.11. The average Bonchev–Trinajstić information content (AvgIpc) is 3.00. The zero-order valence-corrected chi connectivity index (χ0v) is 11.7. The zero-order valence-electron chi connectivity index (χ0n) is 10.9. The van der Waals surface area contributed by atoms with E-state index in [1.807, 2.05) is 6.92 Å². The van der Waals surface area contributed by atoms with Crippen LogP contribution in [0.3, 0.4) is 0 Å². The van der Waals surface area contributed by atoms with E-state index in [4.69, 9.17) is 9.47 Å². The lowest BCUT2D eigenvalue weighted by Crippen LogP contribution is -2.42. The molecule has 1 aliphatic carbocycles. The maximum atomic E-state index is 5.75. The van der Waals surface area contributed by atoms with Crippen LogP contribution >= 0.6 is 11.3 Å². The second-order valence-electron chi connectivity index (χ2n) is 5.05. The fourth-order valence-corrected chi connectivity index (χ4v) is 3.52. The third-order valence-electron chi connectivity index (χ3n) is 3.90. The Labute approximate surface area is 111 Å². The van der Waals surface area contributed by atoms with Crippen LogP contribution in [0, 0.1) is 6.92 Å². The van der Waals surface area contributed by atoms with Crippen molar-refractivity contribution in [2.75, 3.05) is 25.2 Å². The van der Waals surface area contributed by atoms with Gasteiger partial charge in [0.05, 0.1) is 13.2 Å². The lowest BCUT2D eigenvalue weighted by molar-refractivity contribution is -0.178. The van der Waals surface area contributed by atoms with E-state index in [1.54, 1.807) is 11.3 Å². The number of nitrogens with zero attached hydrogens (tertiary/aromatic N) is 3. The Hall–Kier alpha value is -0.720. The first-order chi connectivity index (χ1) is 8.69. The molecule has 2 aliphatic rings. The molecular formula is C12H19N3O2S.